The first kappa shape index (κ1) is 22.7. The van der Waals surface area contributed by atoms with Crippen LogP contribution in [0.4, 0.5) is 9.52 Å². The summed E-state index contributed by atoms with van der Waals surface area (Å²) in [7, 11) is 0. The monoisotopic (exact) mass is 466 g/mol. The lowest BCUT2D eigenvalue weighted by Crippen LogP contribution is -2.29. The molecular weight excluding hydrogens is 443 g/mol. The number of rotatable bonds is 8. The van der Waals surface area contributed by atoms with Crippen molar-refractivity contribution in [3.05, 3.63) is 82.6 Å². The van der Waals surface area contributed by atoms with Gasteiger partial charge in [0, 0.05) is 17.1 Å². The van der Waals surface area contributed by atoms with Crippen molar-refractivity contribution < 1.29 is 23.8 Å². The molecule has 1 aromatic heterocycles. The van der Waals surface area contributed by atoms with E-state index in [1.54, 1.807) is 29.8 Å². The average Bonchev–Trinajstić information content (AvgIpc) is 3.44. The maximum absolute atomic E-state index is 13.4. The summed E-state index contributed by atoms with van der Waals surface area (Å²) in [5.74, 6) is -1.85. The number of ether oxygens (including phenoxy) is 1. The van der Waals surface area contributed by atoms with Crippen molar-refractivity contribution in [2.75, 3.05) is 11.5 Å². The zero-order valence-corrected chi connectivity index (χ0v) is 18.8. The topological polar surface area (TPSA) is 79.7 Å². The summed E-state index contributed by atoms with van der Waals surface area (Å²) in [5.41, 5.74) is 0.761. The molecule has 0 aliphatic carbocycles. The van der Waals surface area contributed by atoms with Crippen molar-refractivity contribution in [2.24, 2.45) is 0 Å². The van der Waals surface area contributed by atoms with Gasteiger partial charge in [0.2, 0.25) is 0 Å². The number of aromatic nitrogens is 1. The van der Waals surface area contributed by atoms with Crippen LogP contribution in [0.5, 0.6) is 5.75 Å². The highest BCUT2D eigenvalue weighted by atomic mass is 32.1. The lowest BCUT2D eigenvalue weighted by Gasteiger charge is -2.23. The minimum atomic E-state index is -0.902. The summed E-state index contributed by atoms with van der Waals surface area (Å²) in [6, 6.07) is 11.3. The number of amides is 1. The summed E-state index contributed by atoms with van der Waals surface area (Å²) in [6.45, 7) is 2.67. The molecule has 2 aromatic carbocycles. The highest BCUT2D eigenvalue weighted by Crippen LogP contribution is 2.43. The fraction of sp³-hybridized carbons (Fsp3) is 0.240. The molecule has 6 nitrogen and oxygen atoms in total. The van der Waals surface area contributed by atoms with Crippen LogP contribution in [0.15, 0.2) is 65.7 Å². The van der Waals surface area contributed by atoms with Gasteiger partial charge in [0.05, 0.1) is 18.2 Å². The van der Waals surface area contributed by atoms with Crippen LogP contribution >= 0.6 is 11.3 Å². The number of aliphatic hydroxyl groups is 1. The number of aliphatic hydroxyl groups excluding tert-OH is 1. The van der Waals surface area contributed by atoms with Crippen LogP contribution in [-0.2, 0) is 9.59 Å². The number of Topliss-reactive ketones (excluding diaryl/α,β-unsaturated/α-hetero) is 1. The molecule has 33 heavy (non-hydrogen) atoms. The van der Waals surface area contributed by atoms with E-state index >= 15 is 0 Å². The molecule has 3 aromatic rings. The van der Waals surface area contributed by atoms with Crippen LogP contribution in [0.3, 0.4) is 0 Å². The normalized spacial score (nSPS) is 17.5. The zero-order chi connectivity index (χ0) is 23.4. The maximum atomic E-state index is 13.4. The molecule has 1 saturated heterocycles. The number of unbranched alkanes of at least 4 members (excludes halogenated alkanes) is 2. The molecule has 1 aliphatic heterocycles. The van der Waals surface area contributed by atoms with Crippen LogP contribution in [-0.4, -0.2) is 28.4 Å². The van der Waals surface area contributed by atoms with E-state index in [4.69, 9.17) is 4.74 Å². The molecule has 8 heteroatoms. The second-order valence-corrected chi connectivity index (χ2v) is 8.49. The fourth-order valence-corrected chi connectivity index (χ4v) is 4.43. The number of anilines is 1. The molecule has 2 heterocycles. The van der Waals surface area contributed by atoms with Gasteiger partial charge in [0.1, 0.15) is 17.3 Å². The smallest absolute Gasteiger partial charge is 0.301 e. The summed E-state index contributed by atoms with van der Waals surface area (Å²) < 4.78 is 19.3. The van der Waals surface area contributed by atoms with Gasteiger partial charge < -0.3 is 9.84 Å². The Labute approximate surface area is 195 Å². The summed E-state index contributed by atoms with van der Waals surface area (Å²) in [6.07, 6.45) is 4.60. The second kappa shape index (κ2) is 9.95. The molecular formula is C25H23FN2O4S. The number of hydrogen-bond acceptors (Lipinski definition) is 6. The summed E-state index contributed by atoms with van der Waals surface area (Å²) in [5, 5.41) is 13.1. The van der Waals surface area contributed by atoms with Gasteiger partial charge >= 0.3 is 5.91 Å². The van der Waals surface area contributed by atoms with E-state index in [-0.39, 0.29) is 16.9 Å². The van der Waals surface area contributed by atoms with Crippen LogP contribution in [0, 0.1) is 5.82 Å². The van der Waals surface area contributed by atoms with Crippen LogP contribution in [0.25, 0.3) is 5.76 Å². The second-order valence-electron chi connectivity index (χ2n) is 7.62. The minimum Gasteiger partial charge on any atom is -0.507 e. The minimum absolute atomic E-state index is 0.0788. The third-order valence-corrected chi connectivity index (χ3v) is 6.15. The summed E-state index contributed by atoms with van der Waals surface area (Å²) in [4.78, 5) is 31.6. The predicted molar refractivity (Wildman–Crippen MR) is 125 cm³/mol. The van der Waals surface area contributed by atoms with Crippen molar-refractivity contribution in [1.82, 2.24) is 4.98 Å². The first-order valence-corrected chi connectivity index (χ1v) is 11.6. The molecule has 4 rings (SSSR count). The Hall–Kier alpha value is -3.52. The number of nitrogens with zero attached hydrogens (tertiary/aromatic N) is 2. The molecule has 1 unspecified atom stereocenters. The molecule has 1 fully saturated rings. The number of carbonyl (C=O) groups is 2. The van der Waals surface area contributed by atoms with Crippen molar-refractivity contribution in [1.29, 1.82) is 0 Å². The maximum Gasteiger partial charge on any atom is 0.301 e. The van der Waals surface area contributed by atoms with Crippen LogP contribution in [0.1, 0.15) is 43.4 Å². The van der Waals surface area contributed by atoms with Crippen LogP contribution in [0.2, 0.25) is 0 Å². The van der Waals surface area contributed by atoms with E-state index in [0.717, 1.165) is 19.3 Å². The van der Waals surface area contributed by atoms with E-state index < -0.39 is 23.5 Å². The molecule has 0 bridgehead atoms. The highest BCUT2D eigenvalue weighted by Gasteiger charge is 2.48. The quantitative estimate of drug-likeness (QED) is 0.206. The first-order chi connectivity index (χ1) is 16.0. The van der Waals surface area contributed by atoms with Gasteiger partial charge in [-0.15, -0.1) is 11.3 Å². The predicted octanol–water partition coefficient (Wildman–Crippen LogP) is 5.48. The molecule has 1 N–H and O–H groups in total. The van der Waals surface area contributed by atoms with Gasteiger partial charge in [-0.1, -0.05) is 31.9 Å². The number of ketones is 1. The zero-order valence-electron chi connectivity index (χ0n) is 18.0. The van der Waals surface area contributed by atoms with Gasteiger partial charge in [-0.3, -0.25) is 14.5 Å². The Morgan fingerprint density at radius 2 is 1.97 bits per heavy atom. The Bertz CT molecular complexity index is 1180. The Morgan fingerprint density at radius 3 is 2.67 bits per heavy atom. The van der Waals surface area contributed by atoms with Gasteiger partial charge in [0.15, 0.2) is 5.13 Å². The number of hydrogen-bond donors (Lipinski definition) is 1. The van der Waals surface area contributed by atoms with E-state index in [1.807, 2.05) is 6.07 Å². The molecule has 1 aliphatic rings. The Balaban J connectivity index is 1.80. The van der Waals surface area contributed by atoms with Gasteiger partial charge in [-0.05, 0) is 48.4 Å². The van der Waals surface area contributed by atoms with Gasteiger partial charge in [-0.25, -0.2) is 9.37 Å². The highest BCUT2D eigenvalue weighted by molar-refractivity contribution is 7.14. The third-order valence-electron chi connectivity index (χ3n) is 5.38. The van der Waals surface area contributed by atoms with Gasteiger partial charge in [-0.2, -0.15) is 0 Å². The molecule has 1 amide bonds. The van der Waals surface area contributed by atoms with Crippen LogP contribution < -0.4 is 9.64 Å². The van der Waals surface area contributed by atoms with Crippen molar-refractivity contribution >= 4 is 33.9 Å². The van der Waals surface area contributed by atoms with E-state index in [2.05, 4.69) is 11.9 Å². The van der Waals surface area contributed by atoms with E-state index in [0.29, 0.717) is 23.1 Å². The number of carbonyl (C=O) groups excluding carboxylic acids is 2. The van der Waals surface area contributed by atoms with Gasteiger partial charge in [0.25, 0.3) is 5.78 Å². The lowest BCUT2D eigenvalue weighted by molar-refractivity contribution is -0.132. The average molecular weight is 467 g/mol. The van der Waals surface area contributed by atoms with Crippen molar-refractivity contribution in [3.63, 3.8) is 0 Å². The van der Waals surface area contributed by atoms with E-state index in [1.165, 1.54) is 40.5 Å². The standard InChI is InChI=1S/C25H23FN2O4S/c1-2-3-4-13-32-19-7-5-6-17(15-19)21-20(22(29)16-8-10-18(26)11-9-16)23(30)24(31)28(21)25-27-12-14-33-25/h5-12,14-15,21,29H,2-4,13H2,1H3/b22-20+. The summed E-state index contributed by atoms with van der Waals surface area (Å²) >= 11 is 1.22. The van der Waals surface area contributed by atoms with E-state index in [9.17, 15) is 19.1 Å². The Kier molecular flexibility index (Phi) is 6.84. The first-order valence-electron chi connectivity index (χ1n) is 10.7. The van der Waals surface area contributed by atoms with Crippen molar-refractivity contribution in [2.45, 2.75) is 32.2 Å². The molecule has 0 spiro atoms. The molecule has 1 atom stereocenters. The molecule has 0 saturated carbocycles. The fourth-order valence-electron chi connectivity index (χ4n) is 3.76. The SMILES string of the molecule is CCCCCOc1cccc(C2/C(=C(\O)c3ccc(F)cc3)C(=O)C(=O)N2c2nccs2)c1. The number of thiazole rings is 1. The number of halogens is 1. The largest absolute Gasteiger partial charge is 0.507 e. The number of benzene rings is 2. The Morgan fingerprint density at radius 1 is 1.18 bits per heavy atom. The molecule has 170 valence electrons. The third kappa shape index (κ3) is 4.66. The van der Waals surface area contributed by atoms with Crippen molar-refractivity contribution in [3.8, 4) is 5.75 Å². The lowest BCUT2D eigenvalue weighted by atomic mass is 9.95. The molecule has 0 radical (unpaired) electrons.